The smallest absolute Gasteiger partial charge is 0.321 e. The number of carbonyl (C=O) groups excluding carboxylic acids is 2. The first-order valence-corrected chi connectivity index (χ1v) is 10.6. The van der Waals surface area contributed by atoms with Crippen LogP contribution in [-0.2, 0) is 27.4 Å². The monoisotopic (exact) mass is 427 g/mol. The first kappa shape index (κ1) is 21.5. The molecule has 4 rings (SSSR count). The third-order valence-corrected chi connectivity index (χ3v) is 5.62. The van der Waals surface area contributed by atoms with Crippen molar-refractivity contribution in [3.63, 3.8) is 0 Å². The third-order valence-electron chi connectivity index (χ3n) is 5.62. The Labute approximate surface area is 186 Å². The summed E-state index contributed by atoms with van der Waals surface area (Å²) in [5.41, 5.74) is 10.1. The number of ether oxygens (including phenoxy) is 1. The number of nitrogen functional groups attached to an aromatic ring is 1. The van der Waals surface area contributed by atoms with E-state index >= 15 is 0 Å². The van der Waals surface area contributed by atoms with E-state index in [1.807, 2.05) is 18.2 Å². The Morgan fingerprint density at radius 2 is 1.84 bits per heavy atom. The van der Waals surface area contributed by atoms with Gasteiger partial charge in [0, 0.05) is 18.7 Å². The Hall–Kier alpha value is -3.77. The average Bonchev–Trinajstić information content (AvgIpc) is 3.25. The molecule has 3 aromatic rings. The van der Waals surface area contributed by atoms with Crippen molar-refractivity contribution < 1.29 is 14.3 Å². The zero-order valence-corrected chi connectivity index (χ0v) is 17.9. The Morgan fingerprint density at radius 1 is 1.06 bits per heavy atom. The van der Waals surface area contributed by atoms with Crippen molar-refractivity contribution >= 4 is 34.4 Å². The van der Waals surface area contributed by atoms with Crippen molar-refractivity contribution in [1.29, 1.82) is 5.41 Å². The quantitative estimate of drug-likeness (QED) is 0.175. The second kappa shape index (κ2) is 9.16. The van der Waals surface area contributed by atoms with Crippen LogP contribution in [-0.4, -0.2) is 24.2 Å². The van der Waals surface area contributed by atoms with Crippen molar-refractivity contribution in [2.24, 2.45) is 5.73 Å². The van der Waals surface area contributed by atoms with Crippen molar-refractivity contribution in [1.82, 2.24) is 5.32 Å². The number of esters is 1. The molecule has 0 fully saturated rings. The van der Waals surface area contributed by atoms with Crippen LogP contribution in [0.15, 0.2) is 60.7 Å². The summed E-state index contributed by atoms with van der Waals surface area (Å²) in [4.78, 5) is 25.8. The Balaban J connectivity index is 1.66. The molecule has 3 aromatic carbocycles. The van der Waals surface area contributed by atoms with Gasteiger partial charge in [-0.2, -0.15) is 0 Å². The van der Waals surface area contributed by atoms with Crippen LogP contribution in [0.3, 0.4) is 0 Å². The number of carbonyl (C=O) groups is 2. The van der Waals surface area contributed by atoms with Gasteiger partial charge < -0.3 is 15.8 Å². The fraction of sp³-hybridized carbons (Fsp3) is 0.192. The molecule has 1 aliphatic rings. The lowest BCUT2D eigenvalue weighted by molar-refractivity contribution is -0.147. The van der Waals surface area contributed by atoms with E-state index in [0.29, 0.717) is 11.1 Å². The van der Waals surface area contributed by atoms with Gasteiger partial charge >= 0.3 is 5.97 Å². The van der Waals surface area contributed by atoms with Gasteiger partial charge in [-0.05, 0) is 58.2 Å². The number of hydrogen-bond donors (Lipinski definition) is 3. The van der Waals surface area contributed by atoms with Gasteiger partial charge in [0.2, 0.25) is 0 Å². The fourth-order valence-electron chi connectivity index (χ4n) is 3.95. The molecule has 0 spiro atoms. The van der Waals surface area contributed by atoms with Gasteiger partial charge in [-0.3, -0.25) is 15.0 Å². The molecule has 162 valence electrons. The van der Waals surface area contributed by atoms with Crippen LogP contribution >= 0.6 is 0 Å². The summed E-state index contributed by atoms with van der Waals surface area (Å²) in [6, 6.07) is 16.9. The molecule has 0 saturated carbocycles. The van der Waals surface area contributed by atoms with Crippen LogP contribution in [0.2, 0.25) is 0 Å². The second-order valence-corrected chi connectivity index (χ2v) is 7.79. The van der Waals surface area contributed by atoms with Crippen molar-refractivity contribution in [3.05, 3.63) is 88.5 Å². The predicted octanol–water partition coefficient (Wildman–Crippen LogP) is 3.66. The molecule has 0 aliphatic carbocycles. The van der Waals surface area contributed by atoms with Gasteiger partial charge in [-0.15, -0.1) is 0 Å². The Bertz CT molecular complexity index is 1250. The minimum absolute atomic E-state index is 0.0391. The first-order valence-electron chi connectivity index (χ1n) is 10.6. The Morgan fingerprint density at radius 3 is 2.62 bits per heavy atom. The summed E-state index contributed by atoms with van der Waals surface area (Å²) >= 11 is 0. The number of rotatable bonds is 7. The molecule has 32 heavy (non-hydrogen) atoms. The number of nitrogens with two attached hydrogens (primary N) is 1. The number of ketones is 1. The van der Waals surface area contributed by atoms with Gasteiger partial charge in [0.15, 0.2) is 5.78 Å². The normalized spacial score (nSPS) is 13.8. The van der Waals surface area contributed by atoms with E-state index in [1.54, 1.807) is 37.3 Å². The van der Waals surface area contributed by atoms with Gasteiger partial charge in [-0.1, -0.05) is 48.5 Å². The van der Waals surface area contributed by atoms with Crippen LogP contribution in [0.1, 0.15) is 40.7 Å². The maximum atomic E-state index is 13.1. The third kappa shape index (κ3) is 4.45. The van der Waals surface area contributed by atoms with Crippen LogP contribution in [0, 0.1) is 5.41 Å². The van der Waals surface area contributed by atoms with E-state index in [0.717, 1.165) is 29.4 Å². The minimum atomic E-state index is -1.06. The molecule has 0 bridgehead atoms. The van der Waals surface area contributed by atoms with Gasteiger partial charge in [0.1, 0.15) is 11.8 Å². The largest absolute Gasteiger partial charge is 0.465 e. The molecule has 1 atom stereocenters. The summed E-state index contributed by atoms with van der Waals surface area (Å²) in [6.07, 6.45) is 3.18. The van der Waals surface area contributed by atoms with Crippen LogP contribution in [0.5, 0.6) is 0 Å². The van der Waals surface area contributed by atoms with E-state index < -0.39 is 11.9 Å². The number of amidine groups is 1. The lowest BCUT2D eigenvalue weighted by Gasteiger charge is -2.14. The molecule has 0 radical (unpaired) electrons. The van der Waals surface area contributed by atoms with Crippen molar-refractivity contribution in [2.75, 3.05) is 6.61 Å². The van der Waals surface area contributed by atoms with E-state index in [9.17, 15) is 9.59 Å². The summed E-state index contributed by atoms with van der Waals surface area (Å²) in [6.45, 7) is 3.58. The van der Waals surface area contributed by atoms with E-state index in [4.69, 9.17) is 15.9 Å². The van der Waals surface area contributed by atoms with Crippen LogP contribution in [0.25, 0.3) is 16.8 Å². The molecule has 6 heteroatoms. The SMILES string of the molecule is CCOC(=O)C(C(=O)/C=C/c1ccc2c(c1)CNC2)c1ccc2ccc(C(=N)N)cc2c1. The van der Waals surface area contributed by atoms with Crippen molar-refractivity contribution in [3.8, 4) is 0 Å². The van der Waals surface area contributed by atoms with Crippen LogP contribution < -0.4 is 11.1 Å². The number of nitrogens with one attached hydrogen (secondary N) is 2. The number of allylic oxidation sites excluding steroid dienone is 1. The lowest BCUT2D eigenvalue weighted by atomic mass is 9.91. The maximum Gasteiger partial charge on any atom is 0.321 e. The highest BCUT2D eigenvalue weighted by atomic mass is 16.5. The highest BCUT2D eigenvalue weighted by Crippen LogP contribution is 2.26. The highest BCUT2D eigenvalue weighted by molar-refractivity contribution is 6.11. The Kier molecular flexibility index (Phi) is 6.14. The number of hydrogen-bond acceptors (Lipinski definition) is 5. The predicted molar refractivity (Wildman–Crippen MR) is 125 cm³/mol. The zero-order valence-electron chi connectivity index (χ0n) is 17.9. The summed E-state index contributed by atoms with van der Waals surface area (Å²) in [5, 5.41) is 12.7. The van der Waals surface area contributed by atoms with Crippen LogP contribution in [0.4, 0.5) is 0 Å². The number of benzene rings is 3. The molecule has 6 nitrogen and oxygen atoms in total. The maximum absolute atomic E-state index is 13.1. The fourth-order valence-corrected chi connectivity index (χ4v) is 3.95. The van der Waals surface area contributed by atoms with Gasteiger partial charge in [0.05, 0.1) is 6.61 Å². The first-order chi connectivity index (χ1) is 15.5. The van der Waals surface area contributed by atoms with Gasteiger partial charge in [0.25, 0.3) is 0 Å². The molecule has 0 amide bonds. The topological polar surface area (TPSA) is 105 Å². The lowest BCUT2D eigenvalue weighted by Crippen LogP contribution is -2.23. The molecule has 0 aromatic heterocycles. The molecule has 1 aliphatic heterocycles. The minimum Gasteiger partial charge on any atom is -0.465 e. The second-order valence-electron chi connectivity index (χ2n) is 7.79. The summed E-state index contributed by atoms with van der Waals surface area (Å²) in [7, 11) is 0. The molecule has 1 unspecified atom stereocenters. The van der Waals surface area contributed by atoms with E-state index in [2.05, 4.69) is 17.4 Å². The number of fused-ring (bicyclic) bond motifs is 2. The van der Waals surface area contributed by atoms with E-state index in [-0.39, 0.29) is 18.2 Å². The molecule has 1 heterocycles. The average molecular weight is 428 g/mol. The van der Waals surface area contributed by atoms with Crippen molar-refractivity contribution in [2.45, 2.75) is 25.9 Å². The molecular weight excluding hydrogens is 402 g/mol. The zero-order chi connectivity index (χ0) is 22.7. The molecule has 0 saturated heterocycles. The molecular formula is C26H25N3O3. The highest BCUT2D eigenvalue weighted by Gasteiger charge is 2.28. The van der Waals surface area contributed by atoms with Gasteiger partial charge in [-0.25, -0.2) is 0 Å². The summed E-state index contributed by atoms with van der Waals surface area (Å²) < 4.78 is 5.21. The molecule has 4 N–H and O–H groups in total. The van der Waals surface area contributed by atoms with E-state index in [1.165, 1.54) is 17.2 Å². The standard InChI is InChI=1S/C26H25N3O3/c1-2-32-26(31)24(18-8-6-17-7-9-19(25(27)28)13-21(17)12-18)23(30)10-4-16-3-5-20-14-29-15-22(20)11-16/h3-13,24,29H,2,14-15H2,1H3,(H3,27,28)/b10-4+. The summed E-state index contributed by atoms with van der Waals surface area (Å²) in [5.74, 6) is -2.03.